The minimum absolute atomic E-state index is 0.669. The van der Waals surface area contributed by atoms with Gasteiger partial charge in [0.2, 0.25) is 0 Å². The smallest absolute Gasteiger partial charge is 0.161 e. The molecule has 0 aliphatic rings. The van der Waals surface area contributed by atoms with Gasteiger partial charge >= 0.3 is 0 Å². The Kier molecular flexibility index (Phi) is 3.70. The average Bonchev–Trinajstić information content (AvgIpc) is 3.25. The highest BCUT2D eigenvalue weighted by molar-refractivity contribution is 5.91. The number of aromatic amines is 2. The summed E-state index contributed by atoms with van der Waals surface area (Å²) in [6, 6.07) is 5.81. The van der Waals surface area contributed by atoms with E-state index in [-0.39, 0.29) is 0 Å². The number of nitrogens with zero attached hydrogens (tertiary/aromatic N) is 4. The Morgan fingerprint density at radius 1 is 1.16 bits per heavy atom. The van der Waals surface area contributed by atoms with E-state index in [1.54, 1.807) is 18.5 Å². The summed E-state index contributed by atoms with van der Waals surface area (Å²) in [6.07, 6.45) is 11.1. The molecule has 4 aromatic rings. The fraction of sp³-hybridized carbons (Fsp3) is 0.0526. The fourth-order valence-electron chi connectivity index (χ4n) is 2.70. The predicted octanol–water partition coefficient (Wildman–Crippen LogP) is 4.04. The van der Waals surface area contributed by atoms with Gasteiger partial charge in [0.1, 0.15) is 5.52 Å². The highest BCUT2D eigenvalue weighted by Crippen LogP contribution is 2.26. The van der Waals surface area contributed by atoms with Crippen molar-refractivity contribution in [2.24, 2.45) is 0 Å². The Morgan fingerprint density at radius 3 is 2.88 bits per heavy atom. The van der Waals surface area contributed by atoms with Crippen LogP contribution >= 0.6 is 0 Å². The van der Waals surface area contributed by atoms with Crippen molar-refractivity contribution in [1.29, 1.82) is 0 Å². The van der Waals surface area contributed by atoms with Crippen LogP contribution in [0.1, 0.15) is 12.6 Å². The van der Waals surface area contributed by atoms with Crippen LogP contribution in [-0.4, -0.2) is 30.1 Å². The first-order valence-corrected chi connectivity index (χ1v) is 7.91. The van der Waals surface area contributed by atoms with Crippen LogP contribution in [0, 0.1) is 0 Å². The number of H-pyrrole nitrogens is 2. The second-order valence-corrected chi connectivity index (χ2v) is 5.48. The molecule has 6 nitrogen and oxygen atoms in total. The van der Waals surface area contributed by atoms with Gasteiger partial charge in [-0.05, 0) is 30.7 Å². The first-order chi connectivity index (χ1) is 12.3. The van der Waals surface area contributed by atoms with E-state index in [1.165, 1.54) is 0 Å². The molecule has 0 fully saturated rings. The van der Waals surface area contributed by atoms with E-state index in [9.17, 15) is 0 Å². The Balaban J connectivity index is 1.86. The van der Waals surface area contributed by atoms with Crippen LogP contribution in [0.15, 0.2) is 61.5 Å². The molecule has 0 radical (unpaired) electrons. The number of nitrogens with one attached hydrogen (secondary N) is 2. The molecule has 0 spiro atoms. The van der Waals surface area contributed by atoms with Gasteiger partial charge in [0.05, 0.1) is 28.4 Å². The van der Waals surface area contributed by atoms with Gasteiger partial charge in [-0.15, -0.1) is 0 Å². The SMILES string of the molecule is C=C/C=C\C(=C/C)c1ccc2[nH]nc(-c3nc4ccncc4[nH]3)c2n1. The zero-order chi connectivity index (χ0) is 17.2. The highest BCUT2D eigenvalue weighted by atomic mass is 15.1. The molecule has 25 heavy (non-hydrogen) atoms. The van der Waals surface area contributed by atoms with E-state index in [0.717, 1.165) is 33.3 Å². The van der Waals surface area contributed by atoms with E-state index in [4.69, 9.17) is 4.98 Å². The molecule has 0 unspecified atom stereocenters. The molecular formula is C19H16N6. The Labute approximate surface area is 144 Å². The number of pyridine rings is 2. The summed E-state index contributed by atoms with van der Waals surface area (Å²) >= 11 is 0. The minimum Gasteiger partial charge on any atom is -0.335 e. The largest absolute Gasteiger partial charge is 0.335 e. The third kappa shape index (κ3) is 2.63. The molecule has 2 N–H and O–H groups in total. The van der Waals surface area contributed by atoms with Crippen molar-refractivity contribution in [3.63, 3.8) is 0 Å². The van der Waals surface area contributed by atoms with Gasteiger partial charge in [-0.3, -0.25) is 10.1 Å². The number of aromatic nitrogens is 6. The third-order valence-electron chi connectivity index (χ3n) is 3.93. The van der Waals surface area contributed by atoms with E-state index < -0.39 is 0 Å². The van der Waals surface area contributed by atoms with E-state index in [0.29, 0.717) is 11.5 Å². The van der Waals surface area contributed by atoms with Gasteiger partial charge < -0.3 is 4.98 Å². The number of imidazole rings is 1. The lowest BCUT2D eigenvalue weighted by Gasteiger charge is -2.01. The zero-order valence-electron chi connectivity index (χ0n) is 13.7. The Bertz CT molecular complexity index is 1100. The molecule has 0 aromatic carbocycles. The lowest BCUT2D eigenvalue weighted by Crippen LogP contribution is -1.89. The summed E-state index contributed by atoms with van der Waals surface area (Å²) in [6.45, 7) is 5.69. The maximum Gasteiger partial charge on any atom is 0.161 e. The molecule has 4 aromatic heterocycles. The summed E-state index contributed by atoms with van der Waals surface area (Å²) in [5.74, 6) is 0.669. The standard InChI is InChI=1S/C19H16N6/c1-3-5-6-12(4-2)13-7-8-15-17(21-13)18(25-24-15)19-22-14-9-10-20-11-16(14)23-19/h3-11H,1H2,2H3,(H,22,23)(H,24,25)/b6-5-,12-4+. The summed E-state index contributed by atoms with van der Waals surface area (Å²) in [5.41, 5.74) is 5.93. The topological polar surface area (TPSA) is 83.1 Å². The third-order valence-corrected chi connectivity index (χ3v) is 3.93. The Hall–Kier alpha value is -3.54. The summed E-state index contributed by atoms with van der Waals surface area (Å²) in [7, 11) is 0. The van der Waals surface area contributed by atoms with Crippen molar-refractivity contribution in [3.8, 4) is 11.5 Å². The molecule has 0 bridgehead atoms. The van der Waals surface area contributed by atoms with Crippen LogP contribution in [0.5, 0.6) is 0 Å². The maximum atomic E-state index is 4.78. The molecule has 0 saturated carbocycles. The van der Waals surface area contributed by atoms with Crippen LogP contribution in [0.4, 0.5) is 0 Å². The fourth-order valence-corrected chi connectivity index (χ4v) is 2.70. The highest BCUT2D eigenvalue weighted by Gasteiger charge is 2.14. The van der Waals surface area contributed by atoms with Crippen LogP contribution in [0.3, 0.4) is 0 Å². The number of fused-ring (bicyclic) bond motifs is 2. The van der Waals surface area contributed by atoms with Crippen molar-refractivity contribution in [2.45, 2.75) is 6.92 Å². The maximum absolute atomic E-state index is 4.78. The van der Waals surface area contributed by atoms with Gasteiger partial charge in [0.15, 0.2) is 11.5 Å². The van der Waals surface area contributed by atoms with Gasteiger partial charge in [-0.2, -0.15) is 5.10 Å². The van der Waals surface area contributed by atoms with Crippen LogP contribution in [-0.2, 0) is 0 Å². The lowest BCUT2D eigenvalue weighted by molar-refractivity contribution is 1.10. The van der Waals surface area contributed by atoms with E-state index in [2.05, 4.69) is 31.7 Å². The van der Waals surface area contributed by atoms with Gasteiger partial charge in [-0.1, -0.05) is 30.9 Å². The van der Waals surface area contributed by atoms with E-state index in [1.807, 2.05) is 43.4 Å². The van der Waals surface area contributed by atoms with Crippen LogP contribution in [0.2, 0.25) is 0 Å². The molecule has 4 rings (SSSR count). The second kappa shape index (κ2) is 6.16. The minimum atomic E-state index is 0.669. The van der Waals surface area contributed by atoms with Gasteiger partial charge in [0.25, 0.3) is 0 Å². The number of allylic oxidation sites excluding steroid dienone is 5. The quantitative estimate of drug-likeness (QED) is 0.554. The molecule has 0 aliphatic carbocycles. The Morgan fingerprint density at radius 2 is 2.08 bits per heavy atom. The molecule has 6 heteroatoms. The van der Waals surface area contributed by atoms with E-state index >= 15 is 0 Å². The first-order valence-electron chi connectivity index (χ1n) is 7.91. The number of hydrogen-bond donors (Lipinski definition) is 2. The number of rotatable bonds is 4. The summed E-state index contributed by atoms with van der Waals surface area (Å²) < 4.78 is 0. The van der Waals surface area contributed by atoms with Gasteiger partial charge in [-0.25, -0.2) is 9.97 Å². The normalized spacial score (nSPS) is 12.4. The monoisotopic (exact) mass is 328 g/mol. The van der Waals surface area contributed by atoms with Crippen LogP contribution < -0.4 is 0 Å². The van der Waals surface area contributed by atoms with Crippen LogP contribution in [0.25, 0.3) is 39.2 Å². The van der Waals surface area contributed by atoms with Crippen molar-refractivity contribution in [2.75, 3.05) is 0 Å². The predicted molar refractivity (Wildman–Crippen MR) is 99.8 cm³/mol. The second-order valence-electron chi connectivity index (χ2n) is 5.48. The van der Waals surface area contributed by atoms with Crippen molar-refractivity contribution in [1.82, 2.24) is 30.1 Å². The summed E-state index contributed by atoms with van der Waals surface area (Å²) in [4.78, 5) is 16.7. The van der Waals surface area contributed by atoms with Crippen molar-refractivity contribution >= 4 is 27.6 Å². The zero-order valence-corrected chi connectivity index (χ0v) is 13.7. The lowest BCUT2D eigenvalue weighted by atomic mass is 10.1. The molecule has 0 amide bonds. The molecule has 0 saturated heterocycles. The average molecular weight is 328 g/mol. The van der Waals surface area contributed by atoms with Crippen molar-refractivity contribution < 1.29 is 0 Å². The molecule has 0 aliphatic heterocycles. The molecule has 122 valence electrons. The summed E-state index contributed by atoms with van der Waals surface area (Å²) in [5, 5.41) is 7.41. The molecule has 0 atom stereocenters. The van der Waals surface area contributed by atoms with Crippen molar-refractivity contribution in [3.05, 3.63) is 67.2 Å². The first kappa shape index (κ1) is 15.0. The van der Waals surface area contributed by atoms with Gasteiger partial charge in [0, 0.05) is 6.20 Å². The number of hydrogen-bond acceptors (Lipinski definition) is 4. The molecule has 4 heterocycles. The molecular weight excluding hydrogens is 312 g/mol.